The third kappa shape index (κ3) is 15.8. The zero-order chi connectivity index (χ0) is 13.5. The molecule has 4 nitrogen and oxygen atoms in total. The number of hydrogen-bond acceptors (Lipinski definition) is 4. The van der Waals surface area contributed by atoms with Gasteiger partial charge in [0.1, 0.15) is 0 Å². The summed E-state index contributed by atoms with van der Waals surface area (Å²) >= 11 is 0. The van der Waals surface area contributed by atoms with Crippen molar-refractivity contribution in [3.05, 3.63) is 0 Å². The maximum Gasteiger partial charge on any atom is 0.0533 e. The van der Waals surface area contributed by atoms with Gasteiger partial charge >= 0.3 is 0 Å². The van der Waals surface area contributed by atoms with Crippen LogP contribution in [0.1, 0.15) is 58.3 Å². The highest BCUT2D eigenvalue weighted by molar-refractivity contribution is 4.55. The Hall–Kier alpha value is -0.160. The molecule has 0 atom stereocenters. The van der Waals surface area contributed by atoms with E-state index in [1.54, 1.807) is 0 Å². The van der Waals surface area contributed by atoms with Crippen molar-refractivity contribution >= 4 is 0 Å². The van der Waals surface area contributed by atoms with Gasteiger partial charge in [-0.25, -0.2) is 0 Å². The van der Waals surface area contributed by atoms with E-state index in [-0.39, 0.29) is 6.17 Å². The summed E-state index contributed by atoms with van der Waals surface area (Å²) in [5.74, 6) is 0. The van der Waals surface area contributed by atoms with Gasteiger partial charge in [-0.2, -0.15) is 0 Å². The molecular formula is C14H34N4. The Morgan fingerprint density at radius 1 is 0.722 bits per heavy atom. The fourth-order valence-corrected chi connectivity index (χ4v) is 1.90. The minimum absolute atomic E-state index is 0.168. The van der Waals surface area contributed by atoms with Crippen LogP contribution in [0.5, 0.6) is 0 Å². The lowest BCUT2D eigenvalue weighted by Gasteiger charge is -2.07. The van der Waals surface area contributed by atoms with Crippen LogP contribution in [0.3, 0.4) is 0 Å². The quantitative estimate of drug-likeness (QED) is 0.282. The predicted molar refractivity (Wildman–Crippen MR) is 80.5 cm³/mol. The lowest BCUT2D eigenvalue weighted by Crippen LogP contribution is -2.34. The highest BCUT2D eigenvalue weighted by Gasteiger charge is 1.94. The first-order valence-electron chi connectivity index (χ1n) is 7.70. The van der Waals surface area contributed by atoms with E-state index in [9.17, 15) is 0 Å². The van der Waals surface area contributed by atoms with Crippen molar-refractivity contribution in [2.24, 2.45) is 11.5 Å². The van der Waals surface area contributed by atoms with Crippen molar-refractivity contribution in [3.8, 4) is 0 Å². The maximum atomic E-state index is 5.46. The van der Waals surface area contributed by atoms with Crippen LogP contribution < -0.4 is 22.1 Å². The van der Waals surface area contributed by atoms with Crippen LogP contribution in [0.4, 0.5) is 0 Å². The molecule has 0 unspecified atom stereocenters. The topological polar surface area (TPSA) is 76.1 Å². The molecule has 0 saturated heterocycles. The van der Waals surface area contributed by atoms with Crippen LogP contribution >= 0.6 is 0 Å². The van der Waals surface area contributed by atoms with E-state index in [1.807, 2.05) is 0 Å². The monoisotopic (exact) mass is 258 g/mol. The molecule has 0 heterocycles. The minimum Gasteiger partial charge on any atom is -0.317 e. The third-order valence-electron chi connectivity index (χ3n) is 3.04. The van der Waals surface area contributed by atoms with Crippen molar-refractivity contribution < 1.29 is 0 Å². The van der Waals surface area contributed by atoms with Crippen molar-refractivity contribution in [3.63, 3.8) is 0 Å². The summed E-state index contributed by atoms with van der Waals surface area (Å²) in [5, 5.41) is 6.81. The van der Waals surface area contributed by atoms with Gasteiger partial charge in [0.25, 0.3) is 0 Å². The van der Waals surface area contributed by atoms with Crippen molar-refractivity contribution in [1.29, 1.82) is 0 Å². The summed E-state index contributed by atoms with van der Waals surface area (Å²) in [6.45, 7) is 6.61. The second-order valence-corrected chi connectivity index (χ2v) is 5.07. The first-order chi connectivity index (χ1) is 8.77. The summed E-state index contributed by atoms with van der Waals surface area (Å²) in [6, 6.07) is 0. The van der Waals surface area contributed by atoms with E-state index in [2.05, 4.69) is 17.6 Å². The van der Waals surface area contributed by atoms with E-state index >= 15 is 0 Å². The first kappa shape index (κ1) is 17.8. The largest absolute Gasteiger partial charge is 0.317 e. The van der Waals surface area contributed by atoms with Gasteiger partial charge in [0.15, 0.2) is 0 Å². The van der Waals surface area contributed by atoms with Crippen molar-refractivity contribution in [1.82, 2.24) is 10.6 Å². The molecule has 18 heavy (non-hydrogen) atoms. The summed E-state index contributed by atoms with van der Waals surface area (Å²) in [5.41, 5.74) is 10.9. The Morgan fingerprint density at radius 3 is 1.72 bits per heavy atom. The molecular weight excluding hydrogens is 224 g/mol. The molecule has 0 aliphatic carbocycles. The highest BCUT2D eigenvalue weighted by Crippen LogP contribution is 2.04. The molecule has 0 amide bonds. The molecule has 0 aliphatic heterocycles. The zero-order valence-corrected chi connectivity index (χ0v) is 12.2. The van der Waals surface area contributed by atoms with E-state index < -0.39 is 0 Å². The maximum absolute atomic E-state index is 5.46. The van der Waals surface area contributed by atoms with Gasteiger partial charge in [0.05, 0.1) is 6.17 Å². The molecule has 0 aromatic carbocycles. The zero-order valence-electron chi connectivity index (χ0n) is 12.2. The Morgan fingerprint density at radius 2 is 1.22 bits per heavy atom. The highest BCUT2D eigenvalue weighted by atomic mass is 14.9. The van der Waals surface area contributed by atoms with Crippen LogP contribution in [-0.4, -0.2) is 32.3 Å². The average Bonchev–Trinajstić information content (AvgIpc) is 2.34. The lowest BCUT2D eigenvalue weighted by atomic mass is 10.1. The van der Waals surface area contributed by atoms with Crippen LogP contribution in [0.25, 0.3) is 0 Å². The van der Waals surface area contributed by atoms with Crippen LogP contribution in [0.15, 0.2) is 0 Å². The number of hydrogen-bond donors (Lipinski definition) is 4. The second kappa shape index (κ2) is 14.9. The van der Waals surface area contributed by atoms with Gasteiger partial charge in [-0.05, 0) is 51.9 Å². The van der Waals surface area contributed by atoms with Crippen molar-refractivity contribution in [2.75, 3.05) is 26.2 Å². The van der Waals surface area contributed by atoms with E-state index in [1.165, 1.54) is 51.5 Å². The molecule has 6 N–H and O–H groups in total. The first-order valence-corrected chi connectivity index (χ1v) is 7.70. The van der Waals surface area contributed by atoms with Gasteiger partial charge < -0.3 is 22.1 Å². The van der Waals surface area contributed by atoms with Gasteiger partial charge in [-0.3, -0.25) is 0 Å². The standard InChI is InChI=1S/C14H34N4/c1-2-10-17-11-7-5-3-4-6-8-12-18-13-9-14(15)16/h14,17-18H,2-13,15-16H2,1H3. The molecule has 0 spiro atoms. The van der Waals surface area contributed by atoms with E-state index in [0.717, 1.165) is 26.1 Å². The summed E-state index contributed by atoms with van der Waals surface area (Å²) in [7, 11) is 0. The van der Waals surface area contributed by atoms with Gasteiger partial charge in [-0.15, -0.1) is 0 Å². The molecule has 0 saturated carbocycles. The minimum atomic E-state index is -0.168. The molecule has 0 aromatic heterocycles. The van der Waals surface area contributed by atoms with Gasteiger partial charge in [-0.1, -0.05) is 32.6 Å². The number of unbranched alkanes of at least 4 members (excludes halogenated alkanes) is 5. The predicted octanol–water partition coefficient (Wildman–Crippen LogP) is 1.55. The average molecular weight is 258 g/mol. The van der Waals surface area contributed by atoms with E-state index in [0.29, 0.717) is 0 Å². The fraction of sp³-hybridized carbons (Fsp3) is 1.00. The third-order valence-corrected chi connectivity index (χ3v) is 3.04. The molecule has 0 aliphatic rings. The summed E-state index contributed by atoms with van der Waals surface area (Å²) < 4.78 is 0. The Balaban J connectivity index is 2.90. The van der Waals surface area contributed by atoms with Crippen LogP contribution in [0.2, 0.25) is 0 Å². The molecule has 110 valence electrons. The Kier molecular flexibility index (Phi) is 14.8. The lowest BCUT2D eigenvalue weighted by molar-refractivity contribution is 0.532. The summed E-state index contributed by atoms with van der Waals surface area (Å²) in [6.07, 6.45) is 9.98. The smallest absolute Gasteiger partial charge is 0.0533 e. The van der Waals surface area contributed by atoms with E-state index in [4.69, 9.17) is 11.5 Å². The van der Waals surface area contributed by atoms with Crippen molar-refractivity contribution in [2.45, 2.75) is 64.5 Å². The van der Waals surface area contributed by atoms with Gasteiger partial charge in [0.2, 0.25) is 0 Å². The second-order valence-electron chi connectivity index (χ2n) is 5.07. The number of nitrogens with two attached hydrogens (primary N) is 2. The summed E-state index contributed by atoms with van der Waals surface area (Å²) in [4.78, 5) is 0. The number of rotatable bonds is 14. The Bertz CT molecular complexity index is 151. The fourth-order valence-electron chi connectivity index (χ4n) is 1.90. The molecule has 0 bridgehead atoms. The number of nitrogens with one attached hydrogen (secondary N) is 2. The van der Waals surface area contributed by atoms with Crippen LogP contribution in [-0.2, 0) is 0 Å². The normalized spacial score (nSPS) is 11.3. The molecule has 0 fully saturated rings. The SMILES string of the molecule is CCCNCCCCCCCCNCCC(N)N. The van der Waals surface area contributed by atoms with Gasteiger partial charge in [0, 0.05) is 0 Å². The van der Waals surface area contributed by atoms with Crippen LogP contribution in [0, 0.1) is 0 Å². The molecule has 0 rings (SSSR count). The molecule has 0 aromatic rings. The molecule has 4 heteroatoms. The Labute approximate surface area is 113 Å². The molecule has 0 radical (unpaired) electrons.